The van der Waals surface area contributed by atoms with Crippen LogP contribution in [0.5, 0.6) is 11.5 Å². The lowest BCUT2D eigenvalue weighted by atomic mass is 10.1. The molecule has 4 aromatic rings. The highest BCUT2D eigenvalue weighted by molar-refractivity contribution is 6.30. The third-order valence-corrected chi connectivity index (χ3v) is 5.72. The maximum Gasteiger partial charge on any atom is 0.363 e. The zero-order valence-electron chi connectivity index (χ0n) is 18.3. The Kier molecular flexibility index (Phi) is 6.02. The number of hydrogen-bond donors (Lipinski definition) is 0. The van der Waals surface area contributed by atoms with Gasteiger partial charge in [0.2, 0.25) is 5.90 Å². The van der Waals surface area contributed by atoms with Gasteiger partial charge in [-0.1, -0.05) is 60.1 Å². The molecule has 0 atom stereocenters. The van der Waals surface area contributed by atoms with E-state index in [1.165, 1.54) is 5.39 Å². The molecule has 0 unspecified atom stereocenters. The van der Waals surface area contributed by atoms with E-state index in [0.29, 0.717) is 28.7 Å². The first-order chi connectivity index (χ1) is 16.6. The van der Waals surface area contributed by atoms with Gasteiger partial charge >= 0.3 is 5.97 Å². The molecule has 1 aliphatic heterocycles. The Morgan fingerprint density at radius 3 is 2.56 bits per heavy atom. The number of methoxy groups -OCH3 is 1. The SMILES string of the molecule is COc1cc(/C=C2\N=C(c3ccc(Cl)cc3)OC2=O)ccc1OCc1cccc2ccccc12. The van der Waals surface area contributed by atoms with Crippen molar-refractivity contribution in [1.82, 2.24) is 0 Å². The molecule has 5 rings (SSSR count). The molecule has 4 aromatic carbocycles. The smallest absolute Gasteiger partial charge is 0.363 e. The van der Waals surface area contributed by atoms with E-state index in [1.54, 1.807) is 43.5 Å². The van der Waals surface area contributed by atoms with Gasteiger partial charge in [-0.05, 0) is 64.4 Å². The van der Waals surface area contributed by atoms with Crippen molar-refractivity contribution in [2.45, 2.75) is 6.61 Å². The van der Waals surface area contributed by atoms with E-state index in [9.17, 15) is 4.79 Å². The number of esters is 1. The van der Waals surface area contributed by atoms with Gasteiger partial charge in [-0.15, -0.1) is 0 Å². The lowest BCUT2D eigenvalue weighted by molar-refractivity contribution is -0.129. The third kappa shape index (κ3) is 4.51. The van der Waals surface area contributed by atoms with Gasteiger partial charge < -0.3 is 14.2 Å². The summed E-state index contributed by atoms with van der Waals surface area (Å²) < 4.78 is 16.9. The molecule has 0 fully saturated rings. The Labute approximate surface area is 201 Å². The molecule has 0 amide bonds. The predicted molar refractivity (Wildman–Crippen MR) is 133 cm³/mol. The first-order valence-corrected chi connectivity index (χ1v) is 11.0. The predicted octanol–water partition coefficient (Wildman–Crippen LogP) is 6.43. The summed E-state index contributed by atoms with van der Waals surface area (Å²) in [6.45, 7) is 0.402. The number of carbonyl (C=O) groups excluding carboxylic acids is 1. The van der Waals surface area contributed by atoms with Crippen LogP contribution in [-0.2, 0) is 16.1 Å². The summed E-state index contributed by atoms with van der Waals surface area (Å²) in [6.07, 6.45) is 1.66. The average molecular weight is 470 g/mol. The summed E-state index contributed by atoms with van der Waals surface area (Å²) >= 11 is 5.93. The highest BCUT2D eigenvalue weighted by Gasteiger charge is 2.24. The van der Waals surface area contributed by atoms with Crippen LogP contribution in [0.15, 0.2) is 95.6 Å². The first kappa shape index (κ1) is 21.7. The van der Waals surface area contributed by atoms with E-state index in [-0.39, 0.29) is 11.6 Å². The molecule has 1 aliphatic rings. The van der Waals surface area contributed by atoms with Crippen molar-refractivity contribution in [1.29, 1.82) is 0 Å². The summed E-state index contributed by atoms with van der Waals surface area (Å²) in [6, 6.07) is 26.8. The molecule has 0 aromatic heterocycles. The molecule has 0 saturated carbocycles. The number of rotatable bonds is 6. The van der Waals surface area contributed by atoms with Gasteiger partial charge in [0.25, 0.3) is 0 Å². The van der Waals surface area contributed by atoms with E-state index in [2.05, 4.69) is 29.3 Å². The quantitative estimate of drug-likeness (QED) is 0.241. The van der Waals surface area contributed by atoms with E-state index in [0.717, 1.165) is 16.5 Å². The summed E-state index contributed by atoms with van der Waals surface area (Å²) in [7, 11) is 1.58. The highest BCUT2D eigenvalue weighted by atomic mass is 35.5. The number of hydrogen-bond acceptors (Lipinski definition) is 5. The molecule has 0 N–H and O–H groups in total. The van der Waals surface area contributed by atoms with Gasteiger partial charge in [0, 0.05) is 10.6 Å². The third-order valence-electron chi connectivity index (χ3n) is 5.47. The van der Waals surface area contributed by atoms with E-state index >= 15 is 0 Å². The number of fused-ring (bicyclic) bond motifs is 1. The van der Waals surface area contributed by atoms with Gasteiger partial charge in [-0.2, -0.15) is 0 Å². The van der Waals surface area contributed by atoms with Crippen LogP contribution in [-0.4, -0.2) is 19.0 Å². The van der Waals surface area contributed by atoms with Gasteiger partial charge in [0.1, 0.15) is 6.61 Å². The lowest BCUT2D eigenvalue weighted by Gasteiger charge is -2.13. The number of halogens is 1. The summed E-state index contributed by atoms with van der Waals surface area (Å²) in [4.78, 5) is 16.7. The molecule has 0 saturated heterocycles. The molecular formula is C28H20ClNO4. The highest BCUT2D eigenvalue weighted by Crippen LogP contribution is 2.31. The second-order valence-corrected chi connectivity index (χ2v) is 8.12. The van der Waals surface area contributed by atoms with Crippen molar-refractivity contribution in [3.05, 3.63) is 112 Å². The molecule has 168 valence electrons. The van der Waals surface area contributed by atoms with Crippen molar-refractivity contribution in [2.24, 2.45) is 4.99 Å². The fourth-order valence-corrected chi connectivity index (χ4v) is 3.88. The minimum Gasteiger partial charge on any atom is -0.493 e. The second-order valence-electron chi connectivity index (χ2n) is 7.68. The van der Waals surface area contributed by atoms with Crippen molar-refractivity contribution < 1.29 is 19.0 Å². The van der Waals surface area contributed by atoms with Crippen LogP contribution in [0, 0.1) is 0 Å². The van der Waals surface area contributed by atoms with Gasteiger partial charge in [-0.3, -0.25) is 0 Å². The monoisotopic (exact) mass is 469 g/mol. The first-order valence-electron chi connectivity index (χ1n) is 10.7. The zero-order valence-corrected chi connectivity index (χ0v) is 19.1. The van der Waals surface area contributed by atoms with Gasteiger partial charge in [-0.25, -0.2) is 9.79 Å². The molecular weight excluding hydrogens is 450 g/mol. The van der Waals surface area contributed by atoms with E-state index < -0.39 is 5.97 Å². The fourth-order valence-electron chi connectivity index (χ4n) is 3.75. The van der Waals surface area contributed by atoms with Gasteiger partial charge in [0.15, 0.2) is 17.2 Å². The van der Waals surface area contributed by atoms with Crippen molar-refractivity contribution >= 4 is 40.3 Å². The van der Waals surface area contributed by atoms with Crippen LogP contribution in [0.2, 0.25) is 5.02 Å². The van der Waals surface area contributed by atoms with E-state index in [1.807, 2.05) is 30.3 Å². The number of nitrogens with zero attached hydrogens (tertiary/aromatic N) is 1. The lowest BCUT2D eigenvalue weighted by Crippen LogP contribution is -2.05. The number of cyclic esters (lactones) is 1. The summed E-state index contributed by atoms with van der Waals surface area (Å²) in [5.74, 6) is 0.898. The second kappa shape index (κ2) is 9.41. The molecule has 0 spiro atoms. The van der Waals surface area contributed by atoms with Crippen LogP contribution < -0.4 is 9.47 Å². The number of benzene rings is 4. The largest absolute Gasteiger partial charge is 0.493 e. The Balaban J connectivity index is 1.37. The average Bonchev–Trinajstić information content (AvgIpc) is 3.23. The number of carbonyl (C=O) groups is 1. The molecule has 0 radical (unpaired) electrons. The van der Waals surface area contributed by atoms with Gasteiger partial charge in [0.05, 0.1) is 7.11 Å². The summed E-state index contributed by atoms with van der Waals surface area (Å²) in [5, 5.41) is 2.92. The van der Waals surface area contributed by atoms with Crippen molar-refractivity contribution in [2.75, 3.05) is 7.11 Å². The summed E-state index contributed by atoms with van der Waals surface area (Å²) in [5.41, 5.74) is 2.71. The zero-order chi connectivity index (χ0) is 23.5. The maximum absolute atomic E-state index is 12.3. The van der Waals surface area contributed by atoms with Crippen LogP contribution in [0.25, 0.3) is 16.8 Å². The van der Waals surface area contributed by atoms with Crippen molar-refractivity contribution in [3.8, 4) is 11.5 Å². The Bertz CT molecular complexity index is 1440. The normalized spacial score (nSPS) is 14.2. The van der Waals surface area contributed by atoms with Crippen LogP contribution in [0.1, 0.15) is 16.7 Å². The Morgan fingerprint density at radius 1 is 0.941 bits per heavy atom. The molecule has 0 aliphatic carbocycles. The minimum atomic E-state index is -0.514. The van der Waals surface area contributed by atoms with Crippen LogP contribution in [0.4, 0.5) is 0 Å². The maximum atomic E-state index is 12.3. The van der Waals surface area contributed by atoms with Crippen molar-refractivity contribution in [3.63, 3.8) is 0 Å². The molecule has 6 heteroatoms. The topological polar surface area (TPSA) is 57.1 Å². The fraction of sp³-hybridized carbons (Fsp3) is 0.0714. The Hall–Kier alpha value is -4.09. The molecule has 5 nitrogen and oxygen atoms in total. The molecule has 1 heterocycles. The van der Waals surface area contributed by atoms with E-state index in [4.69, 9.17) is 25.8 Å². The number of ether oxygens (including phenoxy) is 3. The molecule has 0 bridgehead atoms. The van der Waals surface area contributed by atoms with Crippen LogP contribution in [0.3, 0.4) is 0 Å². The number of aliphatic imine (C=N–C) groups is 1. The van der Waals surface area contributed by atoms with Crippen LogP contribution >= 0.6 is 11.6 Å². The molecule has 34 heavy (non-hydrogen) atoms. The minimum absolute atomic E-state index is 0.205. The Morgan fingerprint density at radius 2 is 1.74 bits per heavy atom. The standard InChI is InChI=1S/C28H20ClNO4/c1-32-26-16-18(15-24-28(31)34-27(30-24)20-10-12-22(29)13-11-20)9-14-25(26)33-17-21-7-4-6-19-5-2-3-8-23(19)21/h2-16H,17H2,1H3/b24-15-.